The van der Waals surface area contributed by atoms with Crippen molar-refractivity contribution in [2.75, 3.05) is 50.7 Å². The average Bonchev–Trinajstić information content (AvgIpc) is 2.73. The van der Waals surface area contributed by atoms with Crippen molar-refractivity contribution in [3.8, 4) is 5.75 Å². The quantitative estimate of drug-likeness (QED) is 0.708. The number of fused-ring (bicyclic) bond motifs is 1. The molecule has 140 valence electrons. The lowest BCUT2D eigenvalue weighted by molar-refractivity contribution is 0.0396. The number of anilines is 2. The first-order valence-corrected chi connectivity index (χ1v) is 9.07. The van der Waals surface area contributed by atoms with E-state index in [-0.39, 0.29) is 6.10 Å². The summed E-state index contributed by atoms with van der Waals surface area (Å²) in [6.07, 6.45) is 1.64. The van der Waals surface area contributed by atoms with Crippen LogP contribution in [-0.2, 0) is 4.74 Å². The lowest BCUT2D eigenvalue weighted by atomic mass is 10.0. The van der Waals surface area contributed by atoms with Crippen molar-refractivity contribution in [3.63, 3.8) is 0 Å². The second kappa shape index (κ2) is 7.40. The molecule has 0 unspecified atom stereocenters. The van der Waals surface area contributed by atoms with Gasteiger partial charge in [0, 0.05) is 33.3 Å². The maximum absolute atomic E-state index is 6.07. The number of morpholine rings is 1. The van der Waals surface area contributed by atoms with Crippen LogP contribution in [0.15, 0.2) is 48.8 Å². The third kappa shape index (κ3) is 3.66. The van der Waals surface area contributed by atoms with Crippen LogP contribution >= 0.6 is 0 Å². The standard InChI is InChI=1S/C21H24N4O2/c1-24(2)20-12-21(23-14-22-20)25-8-9-27-19(13-25)17-5-4-16-11-18(26-3)7-6-15(16)10-17/h4-7,10-12,14,19H,8-9,13H2,1-3H3/t19-/m0/s1. The largest absolute Gasteiger partial charge is 0.497 e. The smallest absolute Gasteiger partial charge is 0.134 e. The molecule has 0 bridgehead atoms. The molecular formula is C21H24N4O2. The Kier molecular flexibility index (Phi) is 4.81. The molecule has 4 rings (SSSR count). The zero-order chi connectivity index (χ0) is 18.8. The van der Waals surface area contributed by atoms with Crippen molar-refractivity contribution in [3.05, 3.63) is 54.4 Å². The molecule has 1 saturated heterocycles. The first-order chi connectivity index (χ1) is 13.1. The fourth-order valence-corrected chi connectivity index (χ4v) is 3.38. The van der Waals surface area contributed by atoms with Gasteiger partial charge in [-0.1, -0.05) is 18.2 Å². The molecule has 1 aromatic heterocycles. The normalized spacial score (nSPS) is 17.1. The van der Waals surface area contributed by atoms with Crippen LogP contribution in [0.1, 0.15) is 11.7 Å². The minimum absolute atomic E-state index is 0.0167. The van der Waals surface area contributed by atoms with Crippen LogP contribution < -0.4 is 14.5 Å². The summed E-state index contributed by atoms with van der Waals surface area (Å²) in [5, 5.41) is 2.35. The molecule has 2 aromatic carbocycles. The van der Waals surface area contributed by atoms with Gasteiger partial charge >= 0.3 is 0 Å². The molecule has 0 aliphatic carbocycles. The first kappa shape index (κ1) is 17.5. The van der Waals surface area contributed by atoms with Crippen molar-refractivity contribution >= 4 is 22.4 Å². The van der Waals surface area contributed by atoms with Gasteiger partial charge in [-0.3, -0.25) is 0 Å². The van der Waals surface area contributed by atoms with Gasteiger partial charge in [-0.15, -0.1) is 0 Å². The number of hydrogen-bond acceptors (Lipinski definition) is 6. The van der Waals surface area contributed by atoms with Gasteiger partial charge in [0.1, 0.15) is 29.8 Å². The van der Waals surface area contributed by atoms with Crippen LogP contribution in [0.4, 0.5) is 11.6 Å². The van der Waals surface area contributed by atoms with Crippen LogP contribution in [0.2, 0.25) is 0 Å². The summed E-state index contributed by atoms with van der Waals surface area (Å²) in [5.74, 6) is 2.71. The van der Waals surface area contributed by atoms with E-state index in [0.717, 1.165) is 35.9 Å². The molecule has 0 saturated carbocycles. The molecule has 3 aromatic rings. The lowest BCUT2D eigenvalue weighted by Crippen LogP contribution is -2.39. The van der Waals surface area contributed by atoms with Crippen molar-refractivity contribution in [1.29, 1.82) is 0 Å². The molecule has 1 fully saturated rings. The van der Waals surface area contributed by atoms with E-state index in [1.54, 1.807) is 13.4 Å². The summed E-state index contributed by atoms with van der Waals surface area (Å²) in [6, 6.07) is 14.6. The second-order valence-corrected chi connectivity index (χ2v) is 6.91. The fourth-order valence-electron chi connectivity index (χ4n) is 3.38. The van der Waals surface area contributed by atoms with Gasteiger partial charge in [0.15, 0.2) is 0 Å². The third-order valence-electron chi connectivity index (χ3n) is 4.93. The highest BCUT2D eigenvalue weighted by Crippen LogP contribution is 2.29. The van der Waals surface area contributed by atoms with Crippen LogP contribution in [-0.4, -0.2) is 50.9 Å². The van der Waals surface area contributed by atoms with E-state index in [9.17, 15) is 0 Å². The van der Waals surface area contributed by atoms with Gasteiger partial charge in [0.05, 0.1) is 13.7 Å². The van der Waals surface area contributed by atoms with E-state index < -0.39 is 0 Å². The minimum Gasteiger partial charge on any atom is -0.497 e. The molecule has 0 amide bonds. The van der Waals surface area contributed by atoms with Gasteiger partial charge < -0.3 is 19.3 Å². The van der Waals surface area contributed by atoms with E-state index in [4.69, 9.17) is 9.47 Å². The highest BCUT2D eigenvalue weighted by molar-refractivity contribution is 5.84. The number of methoxy groups -OCH3 is 1. The van der Waals surface area contributed by atoms with E-state index in [1.165, 1.54) is 10.9 Å². The molecule has 0 spiro atoms. The summed E-state index contributed by atoms with van der Waals surface area (Å²) in [5.41, 5.74) is 1.18. The maximum atomic E-state index is 6.07. The monoisotopic (exact) mass is 364 g/mol. The molecule has 0 N–H and O–H groups in total. The molecule has 6 nitrogen and oxygen atoms in total. The molecule has 27 heavy (non-hydrogen) atoms. The number of ether oxygens (including phenoxy) is 2. The Bertz CT molecular complexity index is 944. The van der Waals surface area contributed by atoms with Gasteiger partial charge in [-0.25, -0.2) is 9.97 Å². The Hall–Kier alpha value is -2.86. The van der Waals surface area contributed by atoms with Crippen molar-refractivity contribution in [1.82, 2.24) is 9.97 Å². The van der Waals surface area contributed by atoms with E-state index in [0.29, 0.717) is 6.61 Å². The Morgan fingerprint density at radius 3 is 2.70 bits per heavy atom. The number of nitrogens with zero attached hydrogens (tertiary/aromatic N) is 4. The zero-order valence-electron chi connectivity index (χ0n) is 15.9. The number of rotatable bonds is 4. The Labute approximate surface area is 159 Å². The zero-order valence-corrected chi connectivity index (χ0v) is 15.9. The van der Waals surface area contributed by atoms with Crippen molar-refractivity contribution in [2.45, 2.75) is 6.10 Å². The molecule has 1 atom stereocenters. The molecule has 1 aliphatic heterocycles. The van der Waals surface area contributed by atoms with Crippen LogP contribution in [0.3, 0.4) is 0 Å². The molecule has 1 aliphatic rings. The predicted molar refractivity (Wildman–Crippen MR) is 108 cm³/mol. The summed E-state index contributed by atoms with van der Waals surface area (Å²) in [4.78, 5) is 13.0. The lowest BCUT2D eigenvalue weighted by Gasteiger charge is -2.34. The molecule has 0 radical (unpaired) electrons. The second-order valence-electron chi connectivity index (χ2n) is 6.91. The summed E-state index contributed by atoms with van der Waals surface area (Å²) in [6.45, 7) is 2.27. The van der Waals surface area contributed by atoms with Gasteiger partial charge in [-0.05, 0) is 34.5 Å². The van der Waals surface area contributed by atoms with Crippen molar-refractivity contribution < 1.29 is 9.47 Å². The SMILES string of the molecule is COc1ccc2cc([C@@H]3CN(c4cc(N(C)C)ncn4)CCO3)ccc2c1. The number of benzene rings is 2. The van der Waals surface area contributed by atoms with Crippen LogP contribution in [0.5, 0.6) is 5.75 Å². The highest BCUT2D eigenvalue weighted by atomic mass is 16.5. The summed E-state index contributed by atoms with van der Waals surface area (Å²) >= 11 is 0. The molecular weight excluding hydrogens is 340 g/mol. The highest BCUT2D eigenvalue weighted by Gasteiger charge is 2.23. The number of aromatic nitrogens is 2. The Balaban J connectivity index is 1.57. The topological polar surface area (TPSA) is 50.7 Å². The Morgan fingerprint density at radius 2 is 1.89 bits per heavy atom. The molecule has 6 heteroatoms. The van der Waals surface area contributed by atoms with Crippen molar-refractivity contribution in [2.24, 2.45) is 0 Å². The average molecular weight is 364 g/mol. The third-order valence-corrected chi connectivity index (χ3v) is 4.93. The first-order valence-electron chi connectivity index (χ1n) is 9.07. The number of hydrogen-bond donors (Lipinski definition) is 0. The minimum atomic E-state index is 0.0167. The molecule has 2 heterocycles. The van der Waals surface area contributed by atoms with Gasteiger partial charge in [0.25, 0.3) is 0 Å². The van der Waals surface area contributed by atoms with Gasteiger partial charge in [0.2, 0.25) is 0 Å². The predicted octanol–water partition coefficient (Wildman–Crippen LogP) is 3.28. The van der Waals surface area contributed by atoms with E-state index in [1.807, 2.05) is 31.1 Å². The maximum Gasteiger partial charge on any atom is 0.134 e. The van der Waals surface area contributed by atoms with E-state index in [2.05, 4.69) is 45.2 Å². The van der Waals surface area contributed by atoms with Crippen LogP contribution in [0, 0.1) is 0 Å². The summed E-state index contributed by atoms with van der Waals surface area (Å²) in [7, 11) is 5.66. The van der Waals surface area contributed by atoms with Crippen LogP contribution in [0.25, 0.3) is 10.8 Å². The Morgan fingerprint density at radius 1 is 1.07 bits per heavy atom. The van der Waals surface area contributed by atoms with Gasteiger partial charge in [-0.2, -0.15) is 0 Å². The fraction of sp³-hybridized carbons (Fsp3) is 0.333. The summed E-state index contributed by atoms with van der Waals surface area (Å²) < 4.78 is 11.4. The van der Waals surface area contributed by atoms with E-state index >= 15 is 0 Å².